The van der Waals surface area contributed by atoms with Crippen LogP contribution in [-0.4, -0.2) is 20.4 Å². The van der Waals surface area contributed by atoms with Gasteiger partial charge in [0.1, 0.15) is 12.1 Å². The van der Waals surface area contributed by atoms with Gasteiger partial charge in [0.05, 0.1) is 6.42 Å². The summed E-state index contributed by atoms with van der Waals surface area (Å²) in [6.07, 6.45) is 7.39. The standard InChI is InChI=1S/C21H18N4O/c26-21(12-16-5-7-18-3-1-2-4-19(18)11-16)24-14-17-6-8-20(23-13-17)25-10-9-22-15-25/h1-11,13,15H,12,14H2,(H,24,26). The number of fused-ring (bicyclic) bond motifs is 1. The number of rotatable bonds is 5. The van der Waals surface area contributed by atoms with Crippen LogP contribution in [0.2, 0.25) is 0 Å². The number of nitrogens with zero attached hydrogens (tertiary/aromatic N) is 3. The summed E-state index contributed by atoms with van der Waals surface area (Å²) in [7, 11) is 0. The van der Waals surface area contributed by atoms with Crippen molar-refractivity contribution in [3.63, 3.8) is 0 Å². The van der Waals surface area contributed by atoms with Gasteiger partial charge < -0.3 is 5.32 Å². The molecule has 4 aromatic rings. The van der Waals surface area contributed by atoms with Crippen LogP contribution in [-0.2, 0) is 17.8 Å². The first kappa shape index (κ1) is 16.0. The van der Waals surface area contributed by atoms with Gasteiger partial charge in [0.25, 0.3) is 0 Å². The highest BCUT2D eigenvalue weighted by Crippen LogP contribution is 2.16. The Bertz CT molecular complexity index is 1020. The normalized spacial score (nSPS) is 10.8. The zero-order valence-corrected chi connectivity index (χ0v) is 14.2. The lowest BCUT2D eigenvalue weighted by molar-refractivity contribution is -0.120. The van der Waals surface area contributed by atoms with Gasteiger partial charge in [-0.3, -0.25) is 9.36 Å². The van der Waals surface area contributed by atoms with Gasteiger partial charge >= 0.3 is 0 Å². The van der Waals surface area contributed by atoms with Crippen LogP contribution in [0.4, 0.5) is 0 Å². The molecule has 26 heavy (non-hydrogen) atoms. The van der Waals surface area contributed by atoms with Crippen LogP contribution in [0.3, 0.4) is 0 Å². The van der Waals surface area contributed by atoms with Gasteiger partial charge in [0.15, 0.2) is 0 Å². The predicted molar refractivity (Wildman–Crippen MR) is 101 cm³/mol. The number of carbonyl (C=O) groups excluding carboxylic acids is 1. The first-order chi connectivity index (χ1) is 12.8. The number of amides is 1. The van der Waals surface area contributed by atoms with Gasteiger partial charge in [-0.25, -0.2) is 9.97 Å². The summed E-state index contributed by atoms with van der Waals surface area (Å²) in [6.45, 7) is 0.462. The second-order valence-electron chi connectivity index (χ2n) is 6.13. The average molecular weight is 342 g/mol. The molecule has 1 N–H and O–H groups in total. The topological polar surface area (TPSA) is 59.8 Å². The molecule has 0 saturated carbocycles. The Morgan fingerprint density at radius 2 is 1.85 bits per heavy atom. The van der Waals surface area contributed by atoms with Gasteiger partial charge in [-0.2, -0.15) is 0 Å². The molecular weight excluding hydrogens is 324 g/mol. The Balaban J connectivity index is 1.35. The third-order valence-corrected chi connectivity index (χ3v) is 4.25. The lowest BCUT2D eigenvalue weighted by Crippen LogP contribution is -2.24. The highest BCUT2D eigenvalue weighted by Gasteiger charge is 2.05. The molecule has 0 saturated heterocycles. The minimum absolute atomic E-state index is 0.000956. The molecule has 2 aromatic heterocycles. The van der Waals surface area contributed by atoms with Crippen molar-refractivity contribution < 1.29 is 4.79 Å². The van der Waals surface area contributed by atoms with Gasteiger partial charge in [-0.1, -0.05) is 48.5 Å². The van der Waals surface area contributed by atoms with E-state index in [-0.39, 0.29) is 5.91 Å². The molecule has 0 radical (unpaired) electrons. The van der Waals surface area contributed by atoms with Crippen LogP contribution in [0.25, 0.3) is 16.6 Å². The summed E-state index contributed by atoms with van der Waals surface area (Å²) in [5, 5.41) is 5.28. The molecule has 5 heteroatoms. The van der Waals surface area contributed by atoms with E-state index in [0.29, 0.717) is 13.0 Å². The van der Waals surface area contributed by atoms with Crippen molar-refractivity contribution in [3.05, 3.63) is 90.6 Å². The fourth-order valence-electron chi connectivity index (χ4n) is 2.87. The molecule has 128 valence electrons. The number of benzene rings is 2. The Morgan fingerprint density at radius 3 is 2.62 bits per heavy atom. The van der Waals surface area contributed by atoms with Gasteiger partial charge in [0, 0.05) is 25.1 Å². The second kappa shape index (κ2) is 7.19. The largest absolute Gasteiger partial charge is 0.352 e. The molecule has 4 rings (SSSR count). The quantitative estimate of drug-likeness (QED) is 0.605. The van der Waals surface area contributed by atoms with Gasteiger partial charge in [-0.05, 0) is 28.0 Å². The minimum Gasteiger partial charge on any atom is -0.352 e. The fourth-order valence-corrected chi connectivity index (χ4v) is 2.87. The van der Waals surface area contributed by atoms with E-state index in [1.807, 2.05) is 41.1 Å². The van der Waals surface area contributed by atoms with Crippen LogP contribution in [0, 0.1) is 0 Å². The van der Waals surface area contributed by atoms with Crippen molar-refractivity contribution in [1.82, 2.24) is 19.9 Å². The van der Waals surface area contributed by atoms with Crippen molar-refractivity contribution >= 4 is 16.7 Å². The number of hydrogen-bond acceptors (Lipinski definition) is 3. The average Bonchev–Trinajstić information content (AvgIpc) is 3.21. The van der Waals surface area contributed by atoms with E-state index >= 15 is 0 Å². The molecule has 0 spiro atoms. The molecule has 1 amide bonds. The monoisotopic (exact) mass is 342 g/mol. The lowest BCUT2D eigenvalue weighted by atomic mass is 10.0. The number of hydrogen-bond donors (Lipinski definition) is 1. The number of aromatic nitrogens is 3. The van der Waals surface area contributed by atoms with Crippen LogP contribution in [0.5, 0.6) is 0 Å². The van der Waals surface area contributed by atoms with E-state index in [1.165, 1.54) is 5.39 Å². The number of imidazole rings is 1. The van der Waals surface area contributed by atoms with Crippen molar-refractivity contribution in [2.45, 2.75) is 13.0 Å². The molecule has 5 nitrogen and oxygen atoms in total. The van der Waals surface area contributed by atoms with Crippen LogP contribution < -0.4 is 5.32 Å². The van der Waals surface area contributed by atoms with Crippen molar-refractivity contribution in [2.24, 2.45) is 0 Å². The maximum Gasteiger partial charge on any atom is 0.224 e. The third kappa shape index (κ3) is 3.62. The summed E-state index contributed by atoms with van der Waals surface area (Å²) in [5.41, 5.74) is 1.97. The number of pyridine rings is 1. The molecule has 0 unspecified atom stereocenters. The highest BCUT2D eigenvalue weighted by atomic mass is 16.1. The van der Waals surface area contributed by atoms with Crippen LogP contribution >= 0.6 is 0 Å². The molecule has 0 aliphatic rings. The first-order valence-corrected chi connectivity index (χ1v) is 8.45. The Morgan fingerprint density at radius 1 is 1.00 bits per heavy atom. The molecule has 2 aromatic carbocycles. The van der Waals surface area contributed by atoms with E-state index in [9.17, 15) is 4.79 Å². The molecule has 0 bridgehead atoms. The zero-order valence-electron chi connectivity index (χ0n) is 14.2. The summed E-state index contributed by atoms with van der Waals surface area (Å²) in [5.74, 6) is 0.799. The SMILES string of the molecule is O=C(Cc1ccc2ccccc2c1)NCc1ccc(-n2ccnc2)nc1. The Labute approximate surface area is 151 Å². The highest BCUT2D eigenvalue weighted by molar-refractivity contribution is 5.85. The number of carbonyl (C=O) groups is 1. The summed E-state index contributed by atoms with van der Waals surface area (Å²) < 4.78 is 1.84. The molecule has 0 fully saturated rings. The third-order valence-electron chi connectivity index (χ3n) is 4.25. The van der Waals surface area contributed by atoms with E-state index < -0.39 is 0 Å². The van der Waals surface area contributed by atoms with Crippen molar-refractivity contribution in [1.29, 1.82) is 0 Å². The first-order valence-electron chi connectivity index (χ1n) is 8.45. The lowest BCUT2D eigenvalue weighted by Gasteiger charge is -2.07. The Kier molecular flexibility index (Phi) is 4.43. The molecule has 0 aliphatic carbocycles. The van der Waals surface area contributed by atoms with E-state index in [0.717, 1.165) is 22.3 Å². The smallest absolute Gasteiger partial charge is 0.224 e. The van der Waals surface area contributed by atoms with E-state index in [4.69, 9.17) is 0 Å². The van der Waals surface area contributed by atoms with Gasteiger partial charge in [-0.15, -0.1) is 0 Å². The van der Waals surface area contributed by atoms with Crippen molar-refractivity contribution in [2.75, 3.05) is 0 Å². The summed E-state index contributed by atoms with van der Waals surface area (Å²) in [4.78, 5) is 20.6. The fraction of sp³-hybridized carbons (Fsp3) is 0.0952. The summed E-state index contributed by atoms with van der Waals surface area (Å²) >= 11 is 0. The Hall–Kier alpha value is -3.47. The maximum atomic E-state index is 12.2. The molecular formula is C21H18N4O. The summed E-state index contributed by atoms with van der Waals surface area (Å²) in [6, 6.07) is 18.1. The van der Waals surface area contributed by atoms with Crippen LogP contribution in [0.15, 0.2) is 79.5 Å². The van der Waals surface area contributed by atoms with E-state index in [1.54, 1.807) is 18.7 Å². The zero-order chi connectivity index (χ0) is 17.8. The molecule has 0 atom stereocenters. The van der Waals surface area contributed by atoms with Crippen molar-refractivity contribution in [3.8, 4) is 5.82 Å². The van der Waals surface area contributed by atoms with E-state index in [2.05, 4.69) is 39.6 Å². The minimum atomic E-state index is -0.000956. The number of nitrogens with one attached hydrogen (secondary N) is 1. The molecule has 0 aliphatic heterocycles. The maximum absolute atomic E-state index is 12.2. The second-order valence-corrected chi connectivity index (χ2v) is 6.13. The van der Waals surface area contributed by atoms with Crippen LogP contribution in [0.1, 0.15) is 11.1 Å². The molecule has 2 heterocycles. The predicted octanol–water partition coefficient (Wildman–Crippen LogP) is 3.28. The van der Waals surface area contributed by atoms with Gasteiger partial charge in [0.2, 0.25) is 5.91 Å².